The second kappa shape index (κ2) is 4.64. The molecule has 1 aromatic carbocycles. The van der Waals surface area contributed by atoms with Crippen LogP contribution in [0.15, 0.2) is 42.5 Å². The molecule has 0 aliphatic heterocycles. The van der Waals surface area contributed by atoms with Gasteiger partial charge in [0.15, 0.2) is 0 Å². The van der Waals surface area contributed by atoms with E-state index in [9.17, 15) is 17.6 Å². The summed E-state index contributed by atoms with van der Waals surface area (Å²) in [6.45, 7) is 0. The van der Waals surface area contributed by atoms with E-state index in [1.54, 1.807) is 0 Å². The lowest BCUT2D eigenvalue weighted by molar-refractivity contribution is -0.274. The van der Waals surface area contributed by atoms with Crippen molar-refractivity contribution in [1.82, 2.24) is 4.98 Å². The van der Waals surface area contributed by atoms with Crippen LogP contribution in [0.1, 0.15) is 0 Å². The fourth-order valence-corrected chi connectivity index (χ4v) is 1.42. The van der Waals surface area contributed by atoms with Gasteiger partial charge in [0, 0.05) is 5.56 Å². The average Bonchev–Trinajstić information content (AvgIpc) is 2.27. The summed E-state index contributed by atoms with van der Waals surface area (Å²) in [4.78, 5) is 3.58. The number of halogens is 4. The Hall–Kier alpha value is -2.11. The molecule has 0 aliphatic carbocycles. The summed E-state index contributed by atoms with van der Waals surface area (Å²) in [5.74, 6) is -1.07. The molecule has 6 heteroatoms. The molecule has 0 fully saturated rings. The van der Waals surface area contributed by atoms with Crippen LogP contribution < -0.4 is 4.74 Å². The summed E-state index contributed by atoms with van der Waals surface area (Å²) in [5, 5.41) is 0. The van der Waals surface area contributed by atoms with Crippen LogP contribution in [0.2, 0.25) is 0 Å². The van der Waals surface area contributed by atoms with Gasteiger partial charge in [-0.25, -0.2) is 4.98 Å². The van der Waals surface area contributed by atoms with E-state index in [-0.39, 0.29) is 11.4 Å². The van der Waals surface area contributed by atoms with E-state index < -0.39 is 12.3 Å². The van der Waals surface area contributed by atoms with Crippen LogP contribution in [0.5, 0.6) is 5.75 Å². The van der Waals surface area contributed by atoms with Crippen LogP contribution in [-0.2, 0) is 0 Å². The highest BCUT2D eigenvalue weighted by Gasteiger charge is 2.31. The monoisotopic (exact) mass is 257 g/mol. The SMILES string of the molecule is Fc1cccc(-c2cccc(OC(F)(F)F)c2)n1. The first-order valence-electron chi connectivity index (χ1n) is 4.93. The Morgan fingerprint density at radius 1 is 1.00 bits per heavy atom. The molecule has 2 aromatic rings. The zero-order valence-corrected chi connectivity index (χ0v) is 8.91. The number of pyridine rings is 1. The Labute approximate surface area is 99.8 Å². The summed E-state index contributed by atoms with van der Waals surface area (Å²) < 4.78 is 52.8. The lowest BCUT2D eigenvalue weighted by atomic mass is 10.1. The van der Waals surface area contributed by atoms with Crippen molar-refractivity contribution in [3.63, 3.8) is 0 Å². The van der Waals surface area contributed by atoms with Crippen molar-refractivity contribution in [2.75, 3.05) is 0 Å². The van der Waals surface area contributed by atoms with Gasteiger partial charge in [-0.3, -0.25) is 0 Å². The molecule has 2 rings (SSSR count). The van der Waals surface area contributed by atoms with Crippen molar-refractivity contribution in [1.29, 1.82) is 0 Å². The highest BCUT2D eigenvalue weighted by Crippen LogP contribution is 2.27. The number of ether oxygens (including phenoxy) is 1. The third-order valence-corrected chi connectivity index (χ3v) is 2.08. The summed E-state index contributed by atoms with van der Waals surface area (Å²) in [6, 6.07) is 9.28. The molecule has 0 atom stereocenters. The zero-order valence-electron chi connectivity index (χ0n) is 8.91. The maximum Gasteiger partial charge on any atom is 0.573 e. The van der Waals surface area contributed by atoms with Crippen molar-refractivity contribution in [2.24, 2.45) is 0 Å². The van der Waals surface area contributed by atoms with E-state index in [1.165, 1.54) is 24.3 Å². The Balaban J connectivity index is 2.33. The normalized spacial score (nSPS) is 11.3. The van der Waals surface area contributed by atoms with Gasteiger partial charge < -0.3 is 4.74 Å². The lowest BCUT2D eigenvalue weighted by Crippen LogP contribution is -2.17. The molecule has 0 amide bonds. The number of nitrogens with zero attached hydrogens (tertiary/aromatic N) is 1. The standard InChI is InChI=1S/C12H7F4NO/c13-11-6-2-5-10(17-11)8-3-1-4-9(7-8)18-12(14,15)16/h1-7H. The van der Waals surface area contributed by atoms with E-state index >= 15 is 0 Å². The number of rotatable bonds is 2. The molecular formula is C12H7F4NO. The highest BCUT2D eigenvalue weighted by atomic mass is 19.4. The molecule has 0 unspecified atom stereocenters. The van der Waals surface area contributed by atoms with Gasteiger partial charge in [-0.15, -0.1) is 13.2 Å². The highest BCUT2D eigenvalue weighted by molar-refractivity contribution is 5.60. The fraction of sp³-hybridized carbons (Fsp3) is 0.0833. The van der Waals surface area contributed by atoms with Gasteiger partial charge in [0.05, 0.1) is 5.69 Å². The molecule has 94 valence electrons. The topological polar surface area (TPSA) is 22.1 Å². The number of hydrogen-bond acceptors (Lipinski definition) is 2. The Morgan fingerprint density at radius 2 is 1.72 bits per heavy atom. The average molecular weight is 257 g/mol. The molecule has 0 bridgehead atoms. The first-order valence-corrected chi connectivity index (χ1v) is 4.93. The molecule has 0 radical (unpaired) electrons. The number of benzene rings is 1. The predicted octanol–water partition coefficient (Wildman–Crippen LogP) is 3.79. The lowest BCUT2D eigenvalue weighted by Gasteiger charge is -2.09. The van der Waals surface area contributed by atoms with Crippen LogP contribution >= 0.6 is 0 Å². The number of aromatic nitrogens is 1. The van der Waals surface area contributed by atoms with Gasteiger partial charge in [-0.05, 0) is 24.3 Å². The molecule has 1 heterocycles. The molecule has 18 heavy (non-hydrogen) atoms. The van der Waals surface area contributed by atoms with E-state index in [4.69, 9.17) is 0 Å². The second-order valence-electron chi connectivity index (χ2n) is 3.42. The molecule has 0 saturated heterocycles. The largest absolute Gasteiger partial charge is 0.573 e. The van der Waals surface area contributed by atoms with Crippen LogP contribution in [-0.4, -0.2) is 11.3 Å². The van der Waals surface area contributed by atoms with E-state index in [0.29, 0.717) is 5.56 Å². The smallest absolute Gasteiger partial charge is 0.406 e. The van der Waals surface area contributed by atoms with Crippen molar-refractivity contribution in [2.45, 2.75) is 6.36 Å². The van der Waals surface area contributed by atoms with Crippen molar-refractivity contribution in [3.8, 4) is 17.0 Å². The predicted molar refractivity (Wildman–Crippen MR) is 56.3 cm³/mol. The minimum Gasteiger partial charge on any atom is -0.406 e. The molecule has 0 N–H and O–H groups in total. The third kappa shape index (κ3) is 3.19. The summed E-state index contributed by atoms with van der Waals surface area (Å²) in [6.07, 6.45) is -4.76. The number of hydrogen-bond donors (Lipinski definition) is 0. The van der Waals surface area contributed by atoms with Crippen LogP contribution in [0, 0.1) is 5.95 Å². The van der Waals surface area contributed by atoms with Gasteiger partial charge in [0.1, 0.15) is 5.75 Å². The minimum atomic E-state index is -4.76. The molecule has 0 spiro atoms. The molecular weight excluding hydrogens is 250 g/mol. The maximum atomic E-state index is 12.9. The Bertz CT molecular complexity index is 554. The summed E-state index contributed by atoms with van der Waals surface area (Å²) >= 11 is 0. The van der Waals surface area contributed by atoms with Gasteiger partial charge in [0.2, 0.25) is 5.95 Å². The van der Waals surface area contributed by atoms with Crippen LogP contribution in [0.3, 0.4) is 0 Å². The Kier molecular flexibility index (Phi) is 3.18. The third-order valence-electron chi connectivity index (χ3n) is 2.08. The van der Waals surface area contributed by atoms with Gasteiger partial charge in [-0.2, -0.15) is 4.39 Å². The van der Waals surface area contributed by atoms with Crippen molar-refractivity contribution >= 4 is 0 Å². The minimum absolute atomic E-state index is 0.239. The Morgan fingerprint density at radius 3 is 2.39 bits per heavy atom. The first-order chi connectivity index (χ1) is 8.44. The van der Waals surface area contributed by atoms with Crippen LogP contribution in [0.25, 0.3) is 11.3 Å². The van der Waals surface area contributed by atoms with Gasteiger partial charge >= 0.3 is 6.36 Å². The van der Waals surface area contributed by atoms with Crippen LogP contribution in [0.4, 0.5) is 17.6 Å². The summed E-state index contributed by atoms with van der Waals surface area (Å²) in [7, 11) is 0. The molecule has 2 nitrogen and oxygen atoms in total. The first kappa shape index (κ1) is 12.3. The van der Waals surface area contributed by atoms with E-state index in [1.807, 2.05) is 0 Å². The van der Waals surface area contributed by atoms with E-state index in [0.717, 1.165) is 18.2 Å². The van der Waals surface area contributed by atoms with Gasteiger partial charge in [-0.1, -0.05) is 18.2 Å². The molecule has 1 aromatic heterocycles. The number of alkyl halides is 3. The van der Waals surface area contributed by atoms with Crippen molar-refractivity contribution in [3.05, 3.63) is 48.4 Å². The zero-order chi connectivity index (χ0) is 13.2. The molecule has 0 aliphatic rings. The van der Waals surface area contributed by atoms with Gasteiger partial charge in [0.25, 0.3) is 0 Å². The van der Waals surface area contributed by atoms with Crippen molar-refractivity contribution < 1.29 is 22.3 Å². The quantitative estimate of drug-likeness (QED) is 0.603. The second-order valence-corrected chi connectivity index (χ2v) is 3.42. The summed E-state index contributed by atoms with van der Waals surface area (Å²) in [5.41, 5.74) is 0.582. The molecule has 0 saturated carbocycles. The maximum absolute atomic E-state index is 12.9. The van der Waals surface area contributed by atoms with E-state index in [2.05, 4.69) is 9.72 Å². The fourth-order valence-electron chi connectivity index (χ4n) is 1.42.